The molecule has 2 aliphatic rings. The summed E-state index contributed by atoms with van der Waals surface area (Å²) in [6, 6.07) is 3.95. The first-order chi connectivity index (χ1) is 10.1. The second-order valence-corrected chi connectivity index (χ2v) is 5.52. The van der Waals surface area contributed by atoms with E-state index in [4.69, 9.17) is 5.11 Å². The number of rotatable bonds is 2. The van der Waals surface area contributed by atoms with Crippen LogP contribution in [0.4, 0.5) is 4.39 Å². The van der Waals surface area contributed by atoms with Crippen LogP contribution in [0.3, 0.4) is 0 Å². The number of amides is 2. The summed E-state index contributed by atoms with van der Waals surface area (Å²) in [5.74, 6) is -0.995. The van der Waals surface area contributed by atoms with Crippen LogP contribution in [-0.2, 0) is 11.4 Å². The van der Waals surface area contributed by atoms with E-state index in [-0.39, 0.29) is 34.9 Å². The molecule has 2 saturated heterocycles. The van der Waals surface area contributed by atoms with Crippen LogP contribution in [0.5, 0.6) is 0 Å². The van der Waals surface area contributed by atoms with Crippen LogP contribution in [0.15, 0.2) is 18.2 Å². The molecule has 3 rings (SSSR count). The molecular formula is C15H17FN2O3. The summed E-state index contributed by atoms with van der Waals surface area (Å²) in [6.45, 7) is 0.651. The monoisotopic (exact) mass is 292 g/mol. The predicted molar refractivity (Wildman–Crippen MR) is 72.9 cm³/mol. The highest BCUT2D eigenvalue weighted by atomic mass is 19.1. The molecule has 6 heteroatoms. The van der Waals surface area contributed by atoms with Crippen LogP contribution >= 0.6 is 0 Å². The lowest BCUT2D eigenvalue weighted by molar-refractivity contribution is -0.123. The van der Waals surface area contributed by atoms with Crippen molar-refractivity contribution in [1.29, 1.82) is 0 Å². The van der Waals surface area contributed by atoms with Crippen LogP contribution in [0.2, 0.25) is 0 Å². The number of hydrogen-bond acceptors (Lipinski definition) is 3. The number of nitrogens with zero attached hydrogens (tertiary/aromatic N) is 1. The van der Waals surface area contributed by atoms with E-state index in [0.29, 0.717) is 13.1 Å². The highest BCUT2D eigenvalue weighted by Crippen LogP contribution is 2.28. The summed E-state index contributed by atoms with van der Waals surface area (Å²) < 4.78 is 13.7. The Labute approximate surface area is 121 Å². The van der Waals surface area contributed by atoms with Gasteiger partial charge in [0.15, 0.2) is 0 Å². The lowest BCUT2D eigenvalue weighted by Crippen LogP contribution is -2.48. The Morgan fingerprint density at radius 3 is 3.00 bits per heavy atom. The standard InChI is InChI=1S/C15H17FN2O3/c16-12-6-9(3-4-10(12)8-19)15(21)18-5-1-2-11-13(18)7-17-14(11)20/h3-4,6,11,13,19H,1-2,5,7-8H2,(H,17,20)/t11-,13-/m1/s1. The molecule has 0 saturated carbocycles. The summed E-state index contributed by atoms with van der Waals surface area (Å²) in [5.41, 5.74) is 0.422. The number of halogens is 1. The number of aliphatic hydroxyl groups is 1. The second kappa shape index (κ2) is 5.44. The molecule has 0 spiro atoms. The minimum atomic E-state index is -0.586. The Bertz CT molecular complexity index is 590. The zero-order valence-corrected chi connectivity index (χ0v) is 11.5. The predicted octanol–water partition coefficient (Wildman–Crippen LogP) is 0.669. The van der Waals surface area contributed by atoms with Crippen LogP contribution < -0.4 is 5.32 Å². The van der Waals surface area contributed by atoms with E-state index in [2.05, 4.69) is 5.32 Å². The van der Waals surface area contributed by atoms with Gasteiger partial charge in [0.2, 0.25) is 5.91 Å². The minimum absolute atomic E-state index is 0.000640. The number of hydrogen-bond donors (Lipinski definition) is 2. The maximum absolute atomic E-state index is 13.7. The van der Waals surface area contributed by atoms with Crippen LogP contribution in [0, 0.1) is 11.7 Å². The van der Waals surface area contributed by atoms with Crippen molar-refractivity contribution >= 4 is 11.8 Å². The summed E-state index contributed by atoms with van der Waals surface area (Å²) in [4.78, 5) is 25.9. The molecular weight excluding hydrogens is 275 g/mol. The quantitative estimate of drug-likeness (QED) is 0.841. The average Bonchev–Trinajstić information content (AvgIpc) is 2.88. The molecule has 0 bridgehead atoms. The smallest absolute Gasteiger partial charge is 0.254 e. The topological polar surface area (TPSA) is 69.6 Å². The SMILES string of the molecule is O=C1NC[C@@H]2[C@H]1CCCN2C(=O)c1ccc(CO)c(F)c1. The Balaban J connectivity index is 1.84. The number of benzene rings is 1. The highest BCUT2D eigenvalue weighted by molar-refractivity contribution is 5.95. The maximum Gasteiger partial charge on any atom is 0.254 e. The molecule has 2 heterocycles. The minimum Gasteiger partial charge on any atom is -0.392 e. The normalized spacial score (nSPS) is 24.7. The number of nitrogens with one attached hydrogen (secondary N) is 1. The molecule has 0 radical (unpaired) electrons. The molecule has 0 aromatic heterocycles. The van der Waals surface area contributed by atoms with E-state index in [1.54, 1.807) is 4.90 Å². The van der Waals surface area contributed by atoms with Gasteiger partial charge in [0, 0.05) is 24.2 Å². The molecule has 1 aromatic carbocycles. The van der Waals surface area contributed by atoms with Crippen molar-refractivity contribution in [3.63, 3.8) is 0 Å². The zero-order chi connectivity index (χ0) is 15.0. The number of carbonyl (C=O) groups excluding carboxylic acids is 2. The molecule has 2 amide bonds. The average molecular weight is 292 g/mol. The van der Waals surface area contributed by atoms with Gasteiger partial charge in [0.1, 0.15) is 5.82 Å². The van der Waals surface area contributed by atoms with Gasteiger partial charge in [-0.25, -0.2) is 4.39 Å². The van der Waals surface area contributed by atoms with Gasteiger partial charge in [0.25, 0.3) is 5.91 Å². The fourth-order valence-corrected chi connectivity index (χ4v) is 3.18. The van der Waals surface area contributed by atoms with Crippen LogP contribution in [-0.4, -0.2) is 41.0 Å². The first-order valence-electron chi connectivity index (χ1n) is 7.10. The summed E-state index contributed by atoms with van der Waals surface area (Å²) in [6.07, 6.45) is 1.57. The maximum atomic E-state index is 13.7. The van der Waals surface area contributed by atoms with E-state index >= 15 is 0 Å². The second-order valence-electron chi connectivity index (χ2n) is 5.52. The molecule has 0 unspecified atom stereocenters. The van der Waals surface area contributed by atoms with Gasteiger partial charge in [-0.15, -0.1) is 0 Å². The molecule has 5 nitrogen and oxygen atoms in total. The Morgan fingerprint density at radius 1 is 1.48 bits per heavy atom. The van der Waals surface area contributed by atoms with Crippen molar-refractivity contribution in [2.24, 2.45) is 5.92 Å². The molecule has 112 valence electrons. The first-order valence-corrected chi connectivity index (χ1v) is 7.10. The largest absolute Gasteiger partial charge is 0.392 e. The van der Waals surface area contributed by atoms with Crippen molar-refractivity contribution in [2.75, 3.05) is 13.1 Å². The van der Waals surface area contributed by atoms with Gasteiger partial charge in [0.05, 0.1) is 18.6 Å². The number of aliphatic hydroxyl groups excluding tert-OH is 1. The third-order valence-corrected chi connectivity index (χ3v) is 4.33. The molecule has 2 atom stereocenters. The summed E-state index contributed by atoms with van der Waals surface area (Å²) in [7, 11) is 0. The summed E-state index contributed by atoms with van der Waals surface area (Å²) in [5, 5.41) is 11.8. The third-order valence-electron chi connectivity index (χ3n) is 4.33. The zero-order valence-electron chi connectivity index (χ0n) is 11.5. The van der Waals surface area contributed by atoms with E-state index < -0.39 is 12.4 Å². The molecule has 2 N–H and O–H groups in total. The fourth-order valence-electron chi connectivity index (χ4n) is 3.18. The van der Waals surface area contributed by atoms with E-state index in [0.717, 1.165) is 18.9 Å². The Morgan fingerprint density at radius 2 is 2.29 bits per heavy atom. The molecule has 0 aliphatic carbocycles. The number of carbonyl (C=O) groups is 2. The van der Waals surface area contributed by atoms with Gasteiger partial charge in [-0.05, 0) is 25.0 Å². The van der Waals surface area contributed by atoms with Crippen LogP contribution in [0.25, 0.3) is 0 Å². The summed E-state index contributed by atoms with van der Waals surface area (Å²) >= 11 is 0. The number of likely N-dealkylation sites (tertiary alicyclic amines) is 1. The van der Waals surface area contributed by atoms with Crippen molar-refractivity contribution in [3.05, 3.63) is 35.1 Å². The van der Waals surface area contributed by atoms with Crippen molar-refractivity contribution in [1.82, 2.24) is 10.2 Å². The van der Waals surface area contributed by atoms with Crippen molar-refractivity contribution in [3.8, 4) is 0 Å². The Kier molecular flexibility index (Phi) is 3.63. The lowest BCUT2D eigenvalue weighted by atomic mass is 9.91. The number of fused-ring (bicyclic) bond motifs is 1. The van der Waals surface area contributed by atoms with Gasteiger partial charge in [-0.3, -0.25) is 9.59 Å². The van der Waals surface area contributed by atoms with Crippen molar-refractivity contribution in [2.45, 2.75) is 25.5 Å². The molecule has 2 aliphatic heterocycles. The molecule has 1 aromatic rings. The van der Waals surface area contributed by atoms with Gasteiger partial charge in [-0.1, -0.05) is 6.07 Å². The fraction of sp³-hybridized carbons (Fsp3) is 0.467. The van der Waals surface area contributed by atoms with Crippen molar-refractivity contribution < 1.29 is 19.1 Å². The molecule has 2 fully saturated rings. The Hall–Kier alpha value is -1.95. The van der Waals surface area contributed by atoms with Gasteiger partial charge < -0.3 is 15.3 Å². The molecule has 21 heavy (non-hydrogen) atoms. The van der Waals surface area contributed by atoms with E-state index in [9.17, 15) is 14.0 Å². The van der Waals surface area contributed by atoms with E-state index in [1.165, 1.54) is 12.1 Å². The van der Waals surface area contributed by atoms with E-state index in [1.807, 2.05) is 0 Å². The first kappa shape index (κ1) is 14.0. The highest BCUT2D eigenvalue weighted by Gasteiger charge is 2.42. The number of piperidine rings is 1. The van der Waals surface area contributed by atoms with Gasteiger partial charge in [-0.2, -0.15) is 0 Å². The lowest BCUT2D eigenvalue weighted by Gasteiger charge is -2.36. The third kappa shape index (κ3) is 2.40. The van der Waals surface area contributed by atoms with Crippen LogP contribution in [0.1, 0.15) is 28.8 Å². The van der Waals surface area contributed by atoms with Gasteiger partial charge >= 0.3 is 0 Å².